The van der Waals surface area contributed by atoms with Crippen LogP contribution in [0.2, 0.25) is 5.02 Å². The van der Waals surface area contributed by atoms with Crippen LogP contribution in [0.4, 0.5) is 11.6 Å². The van der Waals surface area contributed by atoms with Gasteiger partial charge in [-0.1, -0.05) is 83.9 Å². The Morgan fingerprint density at radius 1 is 0.816 bits per heavy atom. The maximum atomic E-state index is 6.39. The average Bonchev–Trinajstić information content (AvgIpc) is 3.39. The molecule has 0 saturated heterocycles. The van der Waals surface area contributed by atoms with Crippen molar-refractivity contribution in [3.8, 4) is 11.3 Å². The maximum Gasteiger partial charge on any atom is 0.247 e. The van der Waals surface area contributed by atoms with Crippen molar-refractivity contribution in [3.05, 3.63) is 119 Å². The second-order valence-electron chi connectivity index (χ2n) is 9.86. The minimum absolute atomic E-state index is 0.0316. The minimum atomic E-state index is -0.0316. The van der Waals surface area contributed by atoms with Crippen LogP contribution in [0.3, 0.4) is 0 Å². The Kier molecular flexibility index (Phi) is 6.30. The summed E-state index contributed by atoms with van der Waals surface area (Å²) in [4.78, 5) is 12.2. The van der Waals surface area contributed by atoms with Gasteiger partial charge >= 0.3 is 0 Å². The summed E-state index contributed by atoms with van der Waals surface area (Å²) in [6.07, 6.45) is 0.757. The van der Waals surface area contributed by atoms with Crippen LogP contribution < -0.4 is 9.91 Å². The van der Waals surface area contributed by atoms with Crippen molar-refractivity contribution in [2.24, 2.45) is 5.10 Å². The first-order valence-corrected chi connectivity index (χ1v) is 13.1. The van der Waals surface area contributed by atoms with Crippen LogP contribution >= 0.6 is 11.6 Å². The highest BCUT2D eigenvalue weighted by atomic mass is 35.5. The molecule has 0 bridgehead atoms. The van der Waals surface area contributed by atoms with E-state index >= 15 is 0 Å². The van der Waals surface area contributed by atoms with Gasteiger partial charge in [0.15, 0.2) is 0 Å². The van der Waals surface area contributed by atoms with Gasteiger partial charge in [-0.05, 0) is 48.4 Å². The van der Waals surface area contributed by atoms with E-state index in [1.165, 1.54) is 11.1 Å². The fourth-order valence-corrected chi connectivity index (χ4v) is 5.05. The molecule has 0 spiro atoms. The van der Waals surface area contributed by atoms with E-state index in [1.807, 2.05) is 41.4 Å². The van der Waals surface area contributed by atoms with E-state index in [-0.39, 0.29) is 6.04 Å². The summed E-state index contributed by atoms with van der Waals surface area (Å²) in [5.41, 5.74) is 8.37. The molecule has 0 saturated carbocycles. The predicted octanol–water partition coefficient (Wildman–Crippen LogP) is 7.68. The number of anilines is 2. The van der Waals surface area contributed by atoms with Crippen LogP contribution in [0.5, 0.6) is 0 Å². The number of nitrogens with zero attached hydrogens (tertiary/aromatic N) is 5. The highest BCUT2D eigenvalue weighted by molar-refractivity contribution is 6.31. The van der Waals surface area contributed by atoms with Crippen molar-refractivity contribution in [2.45, 2.75) is 19.4 Å². The van der Waals surface area contributed by atoms with Crippen molar-refractivity contribution < 1.29 is 0 Å². The van der Waals surface area contributed by atoms with Crippen LogP contribution in [-0.2, 0) is 0 Å². The summed E-state index contributed by atoms with van der Waals surface area (Å²) < 4.78 is 0. The zero-order valence-electron chi connectivity index (χ0n) is 21.6. The van der Waals surface area contributed by atoms with Gasteiger partial charge in [-0.2, -0.15) is 5.10 Å². The Labute approximate surface area is 228 Å². The molecule has 5 nitrogen and oxygen atoms in total. The van der Waals surface area contributed by atoms with Crippen LogP contribution in [0, 0.1) is 6.92 Å². The first-order chi connectivity index (χ1) is 18.5. The second-order valence-corrected chi connectivity index (χ2v) is 10.3. The molecule has 6 heteroatoms. The highest BCUT2D eigenvalue weighted by Gasteiger charge is 2.32. The lowest BCUT2D eigenvalue weighted by atomic mass is 9.98. The lowest BCUT2D eigenvalue weighted by Gasteiger charge is -2.23. The lowest BCUT2D eigenvalue weighted by Crippen LogP contribution is -2.21. The van der Waals surface area contributed by atoms with E-state index in [4.69, 9.17) is 26.7 Å². The molecule has 6 rings (SSSR count). The van der Waals surface area contributed by atoms with E-state index in [9.17, 15) is 0 Å². The molecule has 1 atom stereocenters. The molecule has 0 aliphatic carbocycles. The Bertz CT molecular complexity index is 1630. The van der Waals surface area contributed by atoms with Gasteiger partial charge in [0, 0.05) is 42.2 Å². The molecule has 0 unspecified atom stereocenters. The van der Waals surface area contributed by atoms with E-state index in [2.05, 4.69) is 86.6 Å². The van der Waals surface area contributed by atoms with Gasteiger partial charge in [-0.25, -0.2) is 15.0 Å². The zero-order chi connectivity index (χ0) is 26.2. The number of benzene rings is 4. The number of hydrogen-bond acceptors (Lipinski definition) is 5. The summed E-state index contributed by atoms with van der Waals surface area (Å²) in [5, 5.41) is 8.68. The molecule has 1 aliphatic rings. The van der Waals surface area contributed by atoms with Gasteiger partial charge in [0.05, 0.1) is 23.0 Å². The summed E-state index contributed by atoms with van der Waals surface area (Å²) in [6.45, 7) is 2.10. The fraction of sp³-hybridized carbons (Fsp3) is 0.156. The molecular weight excluding hydrogens is 490 g/mol. The van der Waals surface area contributed by atoms with Gasteiger partial charge in [-0.3, -0.25) is 0 Å². The number of aromatic nitrogens is 2. The van der Waals surface area contributed by atoms with Gasteiger partial charge in [0.25, 0.3) is 0 Å². The second kappa shape index (κ2) is 9.92. The number of aryl methyl sites for hydroxylation is 1. The normalized spacial score (nSPS) is 15.1. The van der Waals surface area contributed by atoms with Crippen molar-refractivity contribution in [3.63, 3.8) is 0 Å². The smallest absolute Gasteiger partial charge is 0.247 e. The molecule has 38 heavy (non-hydrogen) atoms. The monoisotopic (exact) mass is 517 g/mol. The topological polar surface area (TPSA) is 44.6 Å². The SMILES string of the molecule is Cc1ccc(C2=NN(c3nc(-c4ccccc4)c4cc(Cl)ccc4n3)[C@@H](c3ccc(N(C)C)cc3)C2)cc1. The van der Waals surface area contributed by atoms with Crippen LogP contribution in [0.25, 0.3) is 22.2 Å². The molecule has 0 fully saturated rings. The Balaban J connectivity index is 1.51. The predicted molar refractivity (Wildman–Crippen MR) is 158 cm³/mol. The maximum absolute atomic E-state index is 6.39. The Morgan fingerprint density at radius 2 is 1.55 bits per heavy atom. The largest absolute Gasteiger partial charge is 0.378 e. The summed E-state index contributed by atoms with van der Waals surface area (Å²) >= 11 is 6.39. The van der Waals surface area contributed by atoms with Crippen molar-refractivity contribution >= 4 is 39.9 Å². The third-order valence-electron chi connectivity index (χ3n) is 6.99. The van der Waals surface area contributed by atoms with Crippen molar-refractivity contribution in [1.29, 1.82) is 0 Å². The molecule has 2 heterocycles. The summed E-state index contributed by atoms with van der Waals surface area (Å²) in [5.74, 6) is 0.572. The first-order valence-electron chi connectivity index (χ1n) is 12.7. The van der Waals surface area contributed by atoms with Gasteiger partial charge < -0.3 is 4.90 Å². The van der Waals surface area contributed by atoms with E-state index < -0.39 is 0 Å². The molecule has 4 aromatic carbocycles. The standard InChI is InChI=1S/C32H28ClN5/c1-21-9-11-22(12-10-21)29-20-30(23-13-16-26(17-14-23)37(2)3)38(36-29)32-34-28-18-15-25(33)19-27(28)31(35-32)24-7-5-4-6-8-24/h4-19,30H,20H2,1-3H3/t30-/m1/s1. The molecule has 1 aromatic heterocycles. The molecule has 1 aliphatic heterocycles. The van der Waals surface area contributed by atoms with Crippen molar-refractivity contribution in [2.75, 3.05) is 24.0 Å². The molecule has 188 valence electrons. The van der Waals surface area contributed by atoms with E-state index in [0.717, 1.165) is 45.5 Å². The third kappa shape index (κ3) is 4.61. The van der Waals surface area contributed by atoms with Crippen LogP contribution in [0.1, 0.15) is 29.2 Å². The quantitative estimate of drug-likeness (QED) is 0.240. The Morgan fingerprint density at radius 3 is 2.26 bits per heavy atom. The Hall–Kier alpha value is -4.22. The number of hydrazone groups is 1. The number of hydrogen-bond donors (Lipinski definition) is 0. The van der Waals surface area contributed by atoms with Crippen molar-refractivity contribution in [1.82, 2.24) is 9.97 Å². The zero-order valence-corrected chi connectivity index (χ0v) is 22.4. The molecule has 0 amide bonds. The number of fused-ring (bicyclic) bond motifs is 1. The van der Waals surface area contributed by atoms with E-state index in [1.54, 1.807) is 0 Å². The molecular formula is C32H28ClN5. The average molecular weight is 518 g/mol. The van der Waals surface area contributed by atoms with Crippen LogP contribution in [0.15, 0.2) is 102 Å². The minimum Gasteiger partial charge on any atom is -0.378 e. The molecule has 5 aromatic rings. The van der Waals surface area contributed by atoms with Gasteiger partial charge in [-0.15, -0.1) is 0 Å². The first kappa shape index (κ1) is 24.1. The van der Waals surface area contributed by atoms with E-state index in [0.29, 0.717) is 11.0 Å². The summed E-state index contributed by atoms with van der Waals surface area (Å²) in [7, 11) is 4.10. The molecule has 0 radical (unpaired) electrons. The van der Waals surface area contributed by atoms with Gasteiger partial charge in [0.2, 0.25) is 5.95 Å². The van der Waals surface area contributed by atoms with Gasteiger partial charge in [0.1, 0.15) is 0 Å². The lowest BCUT2D eigenvalue weighted by molar-refractivity contribution is 0.689. The highest BCUT2D eigenvalue weighted by Crippen LogP contribution is 2.38. The number of rotatable bonds is 5. The third-order valence-corrected chi connectivity index (χ3v) is 7.22. The van der Waals surface area contributed by atoms with Crippen LogP contribution in [-0.4, -0.2) is 29.8 Å². The fourth-order valence-electron chi connectivity index (χ4n) is 4.88. The number of halogens is 1. The molecule has 0 N–H and O–H groups in total. The summed E-state index contributed by atoms with van der Waals surface area (Å²) in [6, 6.07) is 33.1.